The number of nitrogens with two attached hydrogens (primary N) is 2. The second-order valence-corrected chi connectivity index (χ2v) is 6.06. The molecular formula is C14H28N2. The maximum Gasteiger partial charge on any atom is -0.00771 e. The van der Waals surface area contributed by atoms with Crippen molar-refractivity contribution in [2.45, 2.75) is 57.8 Å². The van der Waals surface area contributed by atoms with E-state index < -0.39 is 0 Å². The molecule has 0 spiro atoms. The quantitative estimate of drug-likeness (QED) is 0.729. The van der Waals surface area contributed by atoms with Crippen molar-refractivity contribution < 1.29 is 0 Å². The molecule has 2 heteroatoms. The molecule has 3 fully saturated rings. The van der Waals surface area contributed by atoms with E-state index in [4.69, 9.17) is 11.5 Å². The van der Waals surface area contributed by atoms with Crippen LogP contribution in [-0.2, 0) is 0 Å². The van der Waals surface area contributed by atoms with E-state index >= 15 is 0 Å². The number of fused-ring (bicyclic) bond motifs is 3. The molecule has 0 amide bonds. The maximum absolute atomic E-state index is 5.70. The van der Waals surface area contributed by atoms with Crippen molar-refractivity contribution in [2.75, 3.05) is 13.1 Å². The number of hydrogen-bond donors (Lipinski definition) is 2. The van der Waals surface area contributed by atoms with Crippen LogP contribution in [0.15, 0.2) is 0 Å². The van der Waals surface area contributed by atoms with Crippen molar-refractivity contribution in [1.82, 2.24) is 0 Å². The van der Waals surface area contributed by atoms with Gasteiger partial charge in [0.1, 0.15) is 0 Å². The third-order valence-corrected chi connectivity index (χ3v) is 5.22. The topological polar surface area (TPSA) is 52.0 Å². The molecule has 94 valence electrons. The third kappa shape index (κ3) is 2.43. The summed E-state index contributed by atoms with van der Waals surface area (Å²) in [6.45, 7) is 1.74. The van der Waals surface area contributed by atoms with Gasteiger partial charge in [0.15, 0.2) is 0 Å². The van der Waals surface area contributed by atoms with Crippen LogP contribution in [0.3, 0.4) is 0 Å². The highest BCUT2D eigenvalue weighted by atomic mass is 14.6. The molecule has 1 unspecified atom stereocenters. The van der Waals surface area contributed by atoms with Gasteiger partial charge in [-0.25, -0.2) is 0 Å². The van der Waals surface area contributed by atoms with Crippen LogP contribution in [0.25, 0.3) is 0 Å². The van der Waals surface area contributed by atoms with Crippen LogP contribution in [-0.4, -0.2) is 13.1 Å². The van der Waals surface area contributed by atoms with Crippen LogP contribution >= 0.6 is 0 Å². The summed E-state index contributed by atoms with van der Waals surface area (Å²) in [7, 11) is 0. The zero-order chi connectivity index (χ0) is 11.4. The first-order valence-electron chi connectivity index (χ1n) is 7.21. The Morgan fingerprint density at radius 3 is 2.31 bits per heavy atom. The molecule has 3 aliphatic rings. The zero-order valence-corrected chi connectivity index (χ0v) is 10.6. The molecule has 2 nitrogen and oxygen atoms in total. The van der Waals surface area contributed by atoms with Crippen LogP contribution in [0.5, 0.6) is 0 Å². The van der Waals surface area contributed by atoms with Gasteiger partial charge in [0.25, 0.3) is 0 Å². The zero-order valence-electron chi connectivity index (χ0n) is 10.6. The SMILES string of the molecule is NCCCC1CC2CCC1(CCCN)CC2. The Morgan fingerprint density at radius 1 is 1.00 bits per heavy atom. The van der Waals surface area contributed by atoms with Crippen LogP contribution < -0.4 is 11.5 Å². The van der Waals surface area contributed by atoms with Gasteiger partial charge in [0.05, 0.1) is 0 Å². The van der Waals surface area contributed by atoms with Crippen molar-refractivity contribution in [2.24, 2.45) is 28.7 Å². The Balaban J connectivity index is 1.97. The predicted octanol–water partition coefficient (Wildman–Crippen LogP) is 2.66. The predicted molar refractivity (Wildman–Crippen MR) is 69.1 cm³/mol. The first-order chi connectivity index (χ1) is 7.80. The van der Waals surface area contributed by atoms with E-state index in [0.717, 1.165) is 24.9 Å². The second-order valence-electron chi connectivity index (χ2n) is 6.06. The smallest absolute Gasteiger partial charge is 0.00771 e. The van der Waals surface area contributed by atoms with Crippen molar-refractivity contribution >= 4 is 0 Å². The fourth-order valence-corrected chi connectivity index (χ4v) is 4.25. The molecule has 0 aromatic heterocycles. The van der Waals surface area contributed by atoms with E-state index in [-0.39, 0.29) is 0 Å². The normalized spacial score (nSPS) is 37.9. The molecule has 0 radical (unpaired) electrons. The molecule has 3 aliphatic carbocycles. The summed E-state index contributed by atoms with van der Waals surface area (Å²) in [5.41, 5.74) is 12.0. The van der Waals surface area contributed by atoms with Gasteiger partial charge in [-0.3, -0.25) is 0 Å². The van der Waals surface area contributed by atoms with E-state index in [9.17, 15) is 0 Å². The minimum absolute atomic E-state index is 0.670. The summed E-state index contributed by atoms with van der Waals surface area (Å²) in [6.07, 6.45) is 12.6. The maximum atomic E-state index is 5.70. The van der Waals surface area contributed by atoms with Crippen LogP contribution in [0.4, 0.5) is 0 Å². The fraction of sp³-hybridized carbons (Fsp3) is 1.00. The monoisotopic (exact) mass is 224 g/mol. The summed E-state index contributed by atoms with van der Waals surface area (Å²) in [4.78, 5) is 0. The van der Waals surface area contributed by atoms with Crippen molar-refractivity contribution in [3.8, 4) is 0 Å². The first-order valence-corrected chi connectivity index (χ1v) is 7.21. The molecule has 0 aliphatic heterocycles. The van der Waals surface area contributed by atoms with E-state index in [2.05, 4.69) is 0 Å². The average Bonchev–Trinajstić information content (AvgIpc) is 2.35. The third-order valence-electron chi connectivity index (χ3n) is 5.22. The van der Waals surface area contributed by atoms with Crippen molar-refractivity contribution in [3.63, 3.8) is 0 Å². The Labute approximate surface area is 100 Å². The van der Waals surface area contributed by atoms with E-state index in [1.165, 1.54) is 57.8 Å². The molecule has 3 rings (SSSR count). The van der Waals surface area contributed by atoms with E-state index in [1.54, 1.807) is 0 Å². The van der Waals surface area contributed by atoms with Crippen molar-refractivity contribution in [1.29, 1.82) is 0 Å². The highest BCUT2D eigenvalue weighted by Crippen LogP contribution is 2.57. The van der Waals surface area contributed by atoms with Gasteiger partial charge in [0, 0.05) is 0 Å². The van der Waals surface area contributed by atoms with Crippen LogP contribution in [0.1, 0.15) is 57.8 Å². The van der Waals surface area contributed by atoms with E-state index in [0.29, 0.717) is 5.41 Å². The van der Waals surface area contributed by atoms with Crippen LogP contribution in [0.2, 0.25) is 0 Å². The van der Waals surface area contributed by atoms with Gasteiger partial charge >= 0.3 is 0 Å². The van der Waals surface area contributed by atoms with Gasteiger partial charge in [-0.15, -0.1) is 0 Å². The van der Waals surface area contributed by atoms with Crippen LogP contribution in [0, 0.1) is 17.3 Å². The molecule has 2 bridgehead atoms. The molecule has 1 atom stereocenters. The highest BCUT2D eigenvalue weighted by molar-refractivity contribution is 4.97. The Kier molecular flexibility index (Phi) is 4.26. The molecule has 0 aromatic carbocycles. The summed E-state index contributed by atoms with van der Waals surface area (Å²) in [5.74, 6) is 2.01. The molecular weight excluding hydrogens is 196 g/mol. The second kappa shape index (κ2) is 5.50. The van der Waals surface area contributed by atoms with Gasteiger partial charge in [0.2, 0.25) is 0 Å². The Bertz CT molecular complexity index is 207. The lowest BCUT2D eigenvalue weighted by atomic mass is 9.52. The summed E-state index contributed by atoms with van der Waals surface area (Å²) in [5, 5.41) is 0. The van der Waals surface area contributed by atoms with Gasteiger partial charge in [-0.1, -0.05) is 0 Å². The summed E-state index contributed by atoms with van der Waals surface area (Å²) >= 11 is 0. The highest BCUT2D eigenvalue weighted by Gasteiger charge is 2.46. The lowest BCUT2D eigenvalue weighted by molar-refractivity contribution is -0.0183. The first kappa shape index (κ1) is 12.4. The number of hydrogen-bond acceptors (Lipinski definition) is 2. The Hall–Kier alpha value is -0.0800. The standard InChI is InChI=1S/C14H28N2/c15-9-1-3-13-11-12-4-7-14(13,8-5-12)6-2-10-16/h12-13H,1-11,15-16H2. The average molecular weight is 224 g/mol. The van der Waals surface area contributed by atoms with Crippen molar-refractivity contribution in [3.05, 3.63) is 0 Å². The van der Waals surface area contributed by atoms with Gasteiger partial charge < -0.3 is 11.5 Å². The molecule has 3 saturated carbocycles. The largest absolute Gasteiger partial charge is 0.330 e. The molecule has 4 N–H and O–H groups in total. The molecule has 0 aromatic rings. The molecule has 0 heterocycles. The van der Waals surface area contributed by atoms with Gasteiger partial charge in [-0.05, 0) is 88.1 Å². The lowest BCUT2D eigenvalue weighted by Crippen LogP contribution is -2.42. The lowest BCUT2D eigenvalue weighted by Gasteiger charge is -2.53. The van der Waals surface area contributed by atoms with E-state index in [1.807, 2.05) is 0 Å². The van der Waals surface area contributed by atoms with Gasteiger partial charge in [-0.2, -0.15) is 0 Å². The number of rotatable bonds is 6. The Morgan fingerprint density at radius 2 is 1.69 bits per heavy atom. The summed E-state index contributed by atoms with van der Waals surface area (Å²) < 4.78 is 0. The molecule has 0 saturated heterocycles. The molecule has 16 heavy (non-hydrogen) atoms. The minimum Gasteiger partial charge on any atom is -0.330 e. The minimum atomic E-state index is 0.670. The summed E-state index contributed by atoms with van der Waals surface area (Å²) in [6, 6.07) is 0. The fourth-order valence-electron chi connectivity index (χ4n) is 4.25.